The Balaban J connectivity index is 2.21. The van der Waals surface area contributed by atoms with E-state index in [-0.39, 0.29) is 11.6 Å². The third-order valence-corrected chi connectivity index (χ3v) is 2.87. The number of carbonyl (C=O) groups is 1. The average molecular weight is 260 g/mol. The fraction of sp³-hybridized carbons (Fsp3) is 0.267. The normalized spacial score (nSPS) is 10.9. The summed E-state index contributed by atoms with van der Waals surface area (Å²) in [6.07, 6.45) is 1.80. The van der Waals surface area contributed by atoms with Gasteiger partial charge in [0.15, 0.2) is 5.78 Å². The average Bonchev–Trinajstić information content (AvgIpc) is 2.79. The second-order valence-electron chi connectivity index (χ2n) is 4.77. The molecule has 0 bridgehead atoms. The second kappa shape index (κ2) is 5.80. The molecule has 100 valence electrons. The fourth-order valence-corrected chi connectivity index (χ4v) is 1.98. The Bertz CT molecular complexity index is 575. The largest absolute Gasteiger partial charge is 0.341 e. The first kappa shape index (κ1) is 13.5. The van der Waals surface area contributed by atoms with Crippen LogP contribution in [-0.4, -0.2) is 35.9 Å². The van der Waals surface area contributed by atoms with Crippen LogP contribution < -0.4 is 0 Å². The van der Waals surface area contributed by atoms with Gasteiger partial charge in [-0.3, -0.25) is 4.79 Å². The highest BCUT2D eigenvalue weighted by atomic mass is 19.1. The van der Waals surface area contributed by atoms with Crippen molar-refractivity contribution >= 4 is 5.78 Å². The maximum absolute atomic E-state index is 13.6. The molecule has 0 atom stereocenters. The number of aromatic nitrogens is 1. The first-order valence-corrected chi connectivity index (χ1v) is 6.14. The number of hydrogen-bond donors (Lipinski definition) is 0. The molecule has 0 saturated carbocycles. The maximum Gasteiger partial charge on any atom is 0.193 e. The van der Waals surface area contributed by atoms with E-state index in [0.717, 1.165) is 0 Å². The van der Waals surface area contributed by atoms with Crippen molar-refractivity contribution < 1.29 is 9.18 Å². The van der Waals surface area contributed by atoms with E-state index in [1.54, 1.807) is 35.0 Å². The molecule has 0 spiro atoms. The first-order valence-electron chi connectivity index (χ1n) is 6.14. The molecule has 0 aliphatic rings. The molecule has 0 unspecified atom stereocenters. The zero-order chi connectivity index (χ0) is 13.8. The molecular weight excluding hydrogens is 243 g/mol. The minimum atomic E-state index is -0.248. The van der Waals surface area contributed by atoms with Crippen molar-refractivity contribution in [1.82, 2.24) is 9.47 Å². The van der Waals surface area contributed by atoms with Crippen LogP contribution in [-0.2, 0) is 6.54 Å². The summed E-state index contributed by atoms with van der Waals surface area (Å²) in [6, 6.07) is 10.2. The number of halogens is 1. The predicted octanol–water partition coefficient (Wildman–Crippen LogP) is 2.42. The van der Waals surface area contributed by atoms with Gasteiger partial charge in [0.25, 0.3) is 0 Å². The van der Waals surface area contributed by atoms with E-state index in [1.165, 1.54) is 6.07 Å². The van der Waals surface area contributed by atoms with Gasteiger partial charge in [-0.2, -0.15) is 0 Å². The minimum absolute atomic E-state index is 0.0336. The summed E-state index contributed by atoms with van der Waals surface area (Å²) in [4.78, 5) is 13.9. The molecule has 1 aromatic carbocycles. The SMILES string of the molecule is CN(C)CC(=O)c1cccn1Cc1ccccc1F. The number of likely N-dealkylation sites (N-methyl/N-ethyl adjacent to an activating group) is 1. The molecular formula is C15H17FN2O. The maximum atomic E-state index is 13.6. The van der Waals surface area contributed by atoms with Gasteiger partial charge in [-0.15, -0.1) is 0 Å². The van der Waals surface area contributed by atoms with Gasteiger partial charge in [-0.05, 0) is 32.3 Å². The highest BCUT2D eigenvalue weighted by molar-refractivity contribution is 5.96. The lowest BCUT2D eigenvalue weighted by atomic mass is 10.2. The van der Waals surface area contributed by atoms with E-state index in [0.29, 0.717) is 24.3 Å². The Morgan fingerprint density at radius 3 is 2.63 bits per heavy atom. The molecule has 0 saturated heterocycles. The van der Waals surface area contributed by atoms with Gasteiger partial charge in [0.1, 0.15) is 5.82 Å². The Kier molecular flexibility index (Phi) is 4.12. The molecule has 2 aromatic rings. The number of carbonyl (C=O) groups excluding carboxylic acids is 1. The Labute approximate surface area is 112 Å². The monoisotopic (exact) mass is 260 g/mol. The summed E-state index contributed by atoms with van der Waals surface area (Å²) in [5.74, 6) is -0.214. The van der Waals surface area contributed by atoms with Crippen molar-refractivity contribution in [3.8, 4) is 0 Å². The Hall–Kier alpha value is -1.94. The number of benzene rings is 1. The smallest absolute Gasteiger partial charge is 0.193 e. The molecule has 1 aromatic heterocycles. The van der Waals surface area contributed by atoms with Gasteiger partial charge in [0.05, 0.1) is 18.8 Å². The van der Waals surface area contributed by atoms with E-state index in [9.17, 15) is 9.18 Å². The summed E-state index contributed by atoms with van der Waals surface area (Å²) in [5, 5.41) is 0. The molecule has 0 aliphatic heterocycles. The summed E-state index contributed by atoms with van der Waals surface area (Å²) < 4.78 is 15.4. The highest BCUT2D eigenvalue weighted by Crippen LogP contribution is 2.12. The summed E-state index contributed by atoms with van der Waals surface area (Å²) in [6.45, 7) is 0.718. The lowest BCUT2D eigenvalue weighted by Gasteiger charge is -2.12. The van der Waals surface area contributed by atoms with E-state index in [4.69, 9.17) is 0 Å². The molecule has 1 heterocycles. The van der Waals surface area contributed by atoms with E-state index < -0.39 is 0 Å². The predicted molar refractivity (Wildman–Crippen MR) is 72.8 cm³/mol. The highest BCUT2D eigenvalue weighted by Gasteiger charge is 2.12. The second-order valence-corrected chi connectivity index (χ2v) is 4.77. The van der Waals surface area contributed by atoms with Gasteiger partial charge in [0, 0.05) is 11.8 Å². The molecule has 0 amide bonds. The lowest BCUT2D eigenvalue weighted by molar-refractivity contribution is 0.0949. The summed E-state index contributed by atoms with van der Waals surface area (Å²) >= 11 is 0. The van der Waals surface area contributed by atoms with E-state index in [2.05, 4.69) is 0 Å². The summed E-state index contributed by atoms with van der Waals surface area (Å²) in [7, 11) is 3.70. The molecule has 0 fully saturated rings. The van der Waals surface area contributed by atoms with Crippen molar-refractivity contribution in [2.75, 3.05) is 20.6 Å². The molecule has 0 N–H and O–H groups in total. The molecule has 19 heavy (non-hydrogen) atoms. The minimum Gasteiger partial charge on any atom is -0.341 e. The van der Waals surface area contributed by atoms with Gasteiger partial charge in [0.2, 0.25) is 0 Å². The quantitative estimate of drug-likeness (QED) is 0.771. The van der Waals surface area contributed by atoms with Crippen LogP contribution in [0.1, 0.15) is 16.1 Å². The lowest BCUT2D eigenvalue weighted by Crippen LogP contribution is -2.23. The summed E-state index contributed by atoms with van der Waals surface area (Å²) in [5.41, 5.74) is 1.19. The fourth-order valence-electron chi connectivity index (χ4n) is 1.98. The van der Waals surface area contributed by atoms with Crippen LogP contribution >= 0.6 is 0 Å². The number of hydrogen-bond acceptors (Lipinski definition) is 2. The molecule has 0 aliphatic carbocycles. The molecule has 4 heteroatoms. The van der Waals surface area contributed by atoms with Crippen molar-refractivity contribution in [3.63, 3.8) is 0 Å². The number of Topliss-reactive ketones (excluding diaryl/α,β-unsaturated/α-hetero) is 1. The Morgan fingerprint density at radius 2 is 1.95 bits per heavy atom. The zero-order valence-electron chi connectivity index (χ0n) is 11.1. The van der Waals surface area contributed by atoms with Gasteiger partial charge in [-0.1, -0.05) is 18.2 Å². The molecule has 2 rings (SSSR count). The van der Waals surface area contributed by atoms with Gasteiger partial charge in [-0.25, -0.2) is 4.39 Å². The van der Waals surface area contributed by atoms with Crippen LogP contribution in [0, 0.1) is 5.82 Å². The Morgan fingerprint density at radius 1 is 1.21 bits per heavy atom. The van der Waals surface area contributed by atoms with Crippen molar-refractivity contribution in [2.45, 2.75) is 6.54 Å². The third kappa shape index (κ3) is 3.29. The van der Waals surface area contributed by atoms with Crippen LogP contribution in [0.5, 0.6) is 0 Å². The van der Waals surface area contributed by atoms with Crippen LogP contribution in [0.2, 0.25) is 0 Å². The topological polar surface area (TPSA) is 25.2 Å². The van der Waals surface area contributed by atoms with Crippen molar-refractivity contribution in [3.05, 3.63) is 59.7 Å². The number of rotatable bonds is 5. The van der Waals surface area contributed by atoms with Crippen molar-refractivity contribution in [2.24, 2.45) is 0 Å². The third-order valence-electron chi connectivity index (χ3n) is 2.87. The first-order chi connectivity index (χ1) is 9.08. The van der Waals surface area contributed by atoms with Crippen LogP contribution in [0.4, 0.5) is 4.39 Å². The number of nitrogens with zero attached hydrogens (tertiary/aromatic N) is 2. The zero-order valence-corrected chi connectivity index (χ0v) is 11.1. The van der Waals surface area contributed by atoms with Gasteiger partial charge >= 0.3 is 0 Å². The van der Waals surface area contributed by atoms with Crippen molar-refractivity contribution in [1.29, 1.82) is 0 Å². The van der Waals surface area contributed by atoms with E-state index in [1.807, 2.05) is 25.1 Å². The number of ketones is 1. The van der Waals surface area contributed by atoms with Crippen LogP contribution in [0.15, 0.2) is 42.6 Å². The van der Waals surface area contributed by atoms with Crippen LogP contribution in [0.25, 0.3) is 0 Å². The molecule has 3 nitrogen and oxygen atoms in total. The van der Waals surface area contributed by atoms with Gasteiger partial charge < -0.3 is 9.47 Å². The standard InChI is InChI=1S/C15H17FN2O/c1-17(2)11-15(19)14-8-5-9-18(14)10-12-6-3-4-7-13(12)16/h3-9H,10-11H2,1-2H3. The van der Waals surface area contributed by atoms with E-state index >= 15 is 0 Å². The van der Waals surface area contributed by atoms with Crippen LogP contribution in [0.3, 0.4) is 0 Å². The molecule has 0 radical (unpaired) electrons.